The Labute approximate surface area is 249 Å². The quantitative estimate of drug-likeness (QED) is 0.193. The van der Waals surface area contributed by atoms with Gasteiger partial charge in [0.05, 0.1) is 31.0 Å². The molecule has 4 rings (SSSR count). The minimum atomic E-state index is -0.679. The van der Waals surface area contributed by atoms with Gasteiger partial charge in [-0.25, -0.2) is 9.79 Å². The summed E-state index contributed by atoms with van der Waals surface area (Å²) < 4.78 is 10.7. The first-order chi connectivity index (χ1) is 19.9. The molecule has 0 saturated carbocycles. The van der Waals surface area contributed by atoms with Gasteiger partial charge in [-0.15, -0.1) is 0 Å². The van der Waals surface area contributed by atoms with Crippen LogP contribution in [-0.2, 0) is 20.9 Å². The highest BCUT2D eigenvalue weighted by Crippen LogP contribution is 2.31. The third kappa shape index (κ3) is 8.58. The lowest BCUT2D eigenvalue weighted by molar-refractivity contribution is -0.129. The fourth-order valence-corrected chi connectivity index (χ4v) is 5.18. The van der Waals surface area contributed by atoms with Gasteiger partial charge in [-0.2, -0.15) is 0 Å². The van der Waals surface area contributed by atoms with Gasteiger partial charge in [0.25, 0.3) is 0 Å². The minimum absolute atomic E-state index is 0.0170. The Bertz CT molecular complexity index is 1380. The Balaban J connectivity index is 1.52. The van der Waals surface area contributed by atoms with Crippen LogP contribution in [0.1, 0.15) is 49.0 Å². The number of nitrogens with zero attached hydrogens (tertiary/aromatic N) is 2. The molecule has 1 fully saturated rings. The second kappa shape index (κ2) is 14.7. The van der Waals surface area contributed by atoms with Gasteiger partial charge in [-0.1, -0.05) is 48.8 Å². The van der Waals surface area contributed by atoms with E-state index in [1.54, 1.807) is 60.4 Å². The number of amidine groups is 1. The molecule has 0 unspecified atom stereocenters. The van der Waals surface area contributed by atoms with E-state index in [4.69, 9.17) is 26.1 Å². The van der Waals surface area contributed by atoms with Gasteiger partial charge in [0.1, 0.15) is 11.0 Å². The predicted octanol–water partition coefficient (Wildman–Crippen LogP) is 6.86. The van der Waals surface area contributed by atoms with Gasteiger partial charge in [0.2, 0.25) is 11.8 Å². The van der Waals surface area contributed by atoms with Crippen LogP contribution in [0.2, 0.25) is 5.02 Å². The van der Waals surface area contributed by atoms with Crippen molar-refractivity contribution in [3.05, 3.63) is 88.9 Å². The van der Waals surface area contributed by atoms with Crippen molar-refractivity contribution in [3.63, 3.8) is 0 Å². The summed E-state index contributed by atoms with van der Waals surface area (Å²) in [6, 6.07) is 21.0. The molecular formula is C31H32ClN3O5S. The van der Waals surface area contributed by atoms with E-state index in [0.717, 1.165) is 24.2 Å². The lowest BCUT2D eigenvalue weighted by Crippen LogP contribution is -2.44. The highest BCUT2D eigenvalue weighted by atomic mass is 35.5. The number of amides is 2. The van der Waals surface area contributed by atoms with Crippen LogP contribution < -0.4 is 10.1 Å². The number of unbranched alkanes of at least 4 members (excludes halogenated alkanes) is 1. The fraction of sp³-hybridized carbons (Fsp3) is 0.290. The standard InChI is InChI=1S/C31H32ClN3O5S/c1-3-5-18-40-26-16-14-24(15-17-26)33-29(37)27-19-28(36)35(20-21-6-10-23(32)11-7-21)31(41-27)34-25-12-8-22(9-13-25)30(38)39-4-2/h6-17,27H,3-5,18-20H2,1-2H3,(H,33,37)/t27-/m1/s1. The number of benzene rings is 3. The summed E-state index contributed by atoms with van der Waals surface area (Å²) >= 11 is 7.26. The van der Waals surface area contributed by atoms with Crippen LogP contribution in [0.4, 0.5) is 11.4 Å². The molecule has 10 heteroatoms. The van der Waals surface area contributed by atoms with Gasteiger partial charge < -0.3 is 14.8 Å². The normalized spacial score (nSPS) is 16.0. The highest BCUT2D eigenvalue weighted by molar-refractivity contribution is 8.15. The molecule has 1 aliphatic heterocycles. The second-order valence-electron chi connectivity index (χ2n) is 9.29. The summed E-state index contributed by atoms with van der Waals surface area (Å²) in [5.74, 6) is -0.199. The van der Waals surface area contributed by atoms with Gasteiger partial charge in [0, 0.05) is 17.1 Å². The Hall–Kier alpha value is -3.82. The van der Waals surface area contributed by atoms with Crippen LogP contribution >= 0.6 is 23.4 Å². The van der Waals surface area contributed by atoms with E-state index in [1.807, 2.05) is 24.3 Å². The summed E-state index contributed by atoms with van der Waals surface area (Å²) in [7, 11) is 0. The van der Waals surface area contributed by atoms with Crippen molar-refractivity contribution in [2.45, 2.75) is 44.9 Å². The molecular weight excluding hydrogens is 562 g/mol. The molecule has 1 saturated heterocycles. The van der Waals surface area contributed by atoms with E-state index < -0.39 is 11.2 Å². The number of halogens is 1. The first-order valence-electron chi connectivity index (χ1n) is 13.5. The smallest absolute Gasteiger partial charge is 0.338 e. The highest BCUT2D eigenvalue weighted by Gasteiger charge is 2.36. The third-order valence-corrected chi connectivity index (χ3v) is 7.62. The summed E-state index contributed by atoms with van der Waals surface area (Å²) in [5.41, 5.74) is 2.43. The van der Waals surface area contributed by atoms with Crippen molar-refractivity contribution in [2.24, 2.45) is 4.99 Å². The lowest BCUT2D eigenvalue weighted by Gasteiger charge is -2.32. The second-order valence-corrected chi connectivity index (χ2v) is 10.9. The average Bonchev–Trinajstić information content (AvgIpc) is 2.97. The Morgan fingerprint density at radius 1 is 1.02 bits per heavy atom. The van der Waals surface area contributed by atoms with E-state index in [9.17, 15) is 14.4 Å². The van der Waals surface area contributed by atoms with Crippen molar-refractivity contribution in [2.75, 3.05) is 18.5 Å². The SMILES string of the molecule is CCCCOc1ccc(NC(=O)[C@H]2CC(=O)N(Cc3ccc(Cl)cc3)C(=Nc3ccc(C(=O)OCC)cc3)S2)cc1. The number of rotatable bonds is 11. The summed E-state index contributed by atoms with van der Waals surface area (Å²) in [4.78, 5) is 44.9. The first kappa shape index (κ1) is 30.1. The van der Waals surface area contributed by atoms with Crippen LogP contribution in [0.25, 0.3) is 0 Å². The maximum absolute atomic E-state index is 13.4. The van der Waals surface area contributed by atoms with Gasteiger partial charge in [-0.3, -0.25) is 14.5 Å². The molecule has 3 aromatic rings. The lowest BCUT2D eigenvalue weighted by atomic mass is 10.2. The molecule has 1 aliphatic rings. The molecule has 8 nitrogen and oxygen atoms in total. The van der Waals surface area contributed by atoms with Crippen molar-refractivity contribution in [1.82, 2.24) is 4.90 Å². The number of esters is 1. The monoisotopic (exact) mass is 593 g/mol. The van der Waals surface area contributed by atoms with E-state index >= 15 is 0 Å². The van der Waals surface area contributed by atoms with Crippen LogP contribution in [0.3, 0.4) is 0 Å². The first-order valence-corrected chi connectivity index (χ1v) is 14.7. The fourth-order valence-electron chi connectivity index (χ4n) is 3.96. The Morgan fingerprint density at radius 3 is 2.39 bits per heavy atom. The molecule has 0 bridgehead atoms. The summed E-state index contributed by atoms with van der Waals surface area (Å²) in [6.45, 7) is 5.04. The summed E-state index contributed by atoms with van der Waals surface area (Å²) in [6.07, 6.45) is 2.04. The molecule has 0 aliphatic carbocycles. The molecule has 0 radical (unpaired) electrons. The van der Waals surface area contributed by atoms with Gasteiger partial charge >= 0.3 is 5.97 Å². The number of aliphatic imine (C=N–C) groups is 1. The third-order valence-electron chi connectivity index (χ3n) is 6.18. The van der Waals surface area contributed by atoms with Crippen molar-refractivity contribution < 1.29 is 23.9 Å². The molecule has 214 valence electrons. The number of carbonyl (C=O) groups excluding carboxylic acids is 3. The van der Waals surface area contributed by atoms with Crippen molar-refractivity contribution in [1.29, 1.82) is 0 Å². The topological polar surface area (TPSA) is 97.3 Å². The number of hydrogen-bond acceptors (Lipinski definition) is 7. The zero-order chi connectivity index (χ0) is 29.2. The predicted molar refractivity (Wildman–Crippen MR) is 163 cm³/mol. The zero-order valence-electron chi connectivity index (χ0n) is 23.0. The van der Waals surface area contributed by atoms with E-state index in [1.165, 1.54) is 11.8 Å². The number of hydrogen-bond donors (Lipinski definition) is 1. The summed E-state index contributed by atoms with van der Waals surface area (Å²) in [5, 5.41) is 3.21. The van der Waals surface area contributed by atoms with Crippen LogP contribution in [0.15, 0.2) is 77.8 Å². The van der Waals surface area contributed by atoms with Crippen molar-refractivity contribution in [3.8, 4) is 5.75 Å². The number of thioether (sulfide) groups is 1. The van der Waals surface area contributed by atoms with Crippen LogP contribution in [0.5, 0.6) is 5.75 Å². The minimum Gasteiger partial charge on any atom is -0.494 e. The molecule has 1 N–H and O–H groups in total. The molecule has 3 aromatic carbocycles. The van der Waals surface area contributed by atoms with Gasteiger partial charge in [-0.05, 0) is 79.6 Å². The number of anilines is 1. The molecule has 2 amide bonds. The maximum atomic E-state index is 13.4. The molecule has 1 atom stereocenters. The molecule has 0 aromatic heterocycles. The number of carbonyl (C=O) groups is 3. The molecule has 0 spiro atoms. The number of ether oxygens (including phenoxy) is 2. The van der Waals surface area contributed by atoms with E-state index in [0.29, 0.717) is 33.7 Å². The van der Waals surface area contributed by atoms with Crippen molar-refractivity contribution >= 4 is 57.7 Å². The Kier molecular flexibility index (Phi) is 10.8. The van der Waals surface area contributed by atoms with Gasteiger partial charge in [0.15, 0.2) is 5.17 Å². The Morgan fingerprint density at radius 2 is 1.73 bits per heavy atom. The zero-order valence-corrected chi connectivity index (χ0v) is 24.5. The van der Waals surface area contributed by atoms with E-state index in [-0.39, 0.29) is 31.4 Å². The number of nitrogens with one attached hydrogen (secondary N) is 1. The molecule has 41 heavy (non-hydrogen) atoms. The maximum Gasteiger partial charge on any atom is 0.338 e. The average molecular weight is 594 g/mol. The van der Waals surface area contributed by atoms with Crippen LogP contribution in [-0.4, -0.2) is 46.3 Å². The van der Waals surface area contributed by atoms with E-state index in [2.05, 4.69) is 12.2 Å². The molecule has 1 heterocycles. The van der Waals surface area contributed by atoms with Crippen LogP contribution in [0, 0.1) is 0 Å². The largest absolute Gasteiger partial charge is 0.494 e.